The summed E-state index contributed by atoms with van der Waals surface area (Å²) < 4.78 is 0. The van der Waals surface area contributed by atoms with Gasteiger partial charge in [0.25, 0.3) is 5.91 Å². The standard InChI is InChI=1S/C22H36N4O5/c1-13(2)9-6-7-11-17(27)25-16-10-8-12-23-21(30)18(14(3)4)26-22(31)19(28)15(5)24-20(16)29/h7,11,13-16,18H,6,8-10,12H2,1-5H3,(H,23,30)(H,24,29)(H,25,27)(H,26,31)/b11-7+. The van der Waals surface area contributed by atoms with Gasteiger partial charge < -0.3 is 21.3 Å². The first-order chi connectivity index (χ1) is 14.5. The summed E-state index contributed by atoms with van der Waals surface area (Å²) in [7, 11) is 0. The Bertz CT molecular complexity index is 702. The van der Waals surface area contributed by atoms with Crippen LogP contribution in [0, 0.1) is 11.8 Å². The maximum absolute atomic E-state index is 12.6. The number of allylic oxidation sites excluding steroid dienone is 1. The third kappa shape index (κ3) is 9.31. The average Bonchev–Trinajstić information content (AvgIpc) is 2.69. The summed E-state index contributed by atoms with van der Waals surface area (Å²) in [4.78, 5) is 61.9. The van der Waals surface area contributed by atoms with Crippen molar-refractivity contribution in [2.75, 3.05) is 6.54 Å². The number of ketones is 1. The van der Waals surface area contributed by atoms with Crippen LogP contribution in [-0.2, 0) is 24.0 Å². The molecule has 174 valence electrons. The van der Waals surface area contributed by atoms with Crippen LogP contribution in [0.25, 0.3) is 0 Å². The molecule has 0 bridgehead atoms. The molecule has 1 saturated heterocycles. The minimum absolute atomic E-state index is 0.221. The Hall–Kier alpha value is -2.71. The fourth-order valence-corrected chi connectivity index (χ4v) is 3.06. The average molecular weight is 437 g/mol. The predicted octanol–water partition coefficient (Wildman–Crippen LogP) is 0.588. The smallest absolute Gasteiger partial charge is 0.290 e. The highest BCUT2D eigenvalue weighted by molar-refractivity contribution is 6.38. The Balaban J connectivity index is 2.90. The third-order valence-corrected chi connectivity index (χ3v) is 4.99. The number of carbonyl (C=O) groups is 5. The van der Waals surface area contributed by atoms with Gasteiger partial charge in [0.15, 0.2) is 0 Å². The van der Waals surface area contributed by atoms with E-state index in [9.17, 15) is 24.0 Å². The first kappa shape index (κ1) is 26.3. The molecule has 1 aliphatic rings. The van der Waals surface area contributed by atoms with Gasteiger partial charge >= 0.3 is 0 Å². The number of amides is 4. The summed E-state index contributed by atoms with van der Waals surface area (Å²) in [5.41, 5.74) is 0. The zero-order chi connectivity index (χ0) is 23.6. The molecule has 4 N–H and O–H groups in total. The normalized spacial score (nSPS) is 24.2. The predicted molar refractivity (Wildman–Crippen MR) is 117 cm³/mol. The van der Waals surface area contributed by atoms with Crippen LogP contribution in [-0.4, -0.2) is 54.1 Å². The van der Waals surface area contributed by atoms with E-state index in [1.54, 1.807) is 19.9 Å². The SMILES string of the molecule is CC(C)CC/C=C/C(=O)NC1CCCNC(=O)C(C(C)C)NC(=O)C(=O)C(C)NC1=O. The molecule has 0 saturated carbocycles. The van der Waals surface area contributed by atoms with E-state index in [4.69, 9.17) is 0 Å². The van der Waals surface area contributed by atoms with Gasteiger partial charge in [0.05, 0.1) is 6.04 Å². The molecule has 4 amide bonds. The number of carbonyl (C=O) groups excluding carboxylic acids is 5. The lowest BCUT2D eigenvalue weighted by atomic mass is 10.0. The van der Waals surface area contributed by atoms with Crippen molar-refractivity contribution in [2.24, 2.45) is 11.8 Å². The summed E-state index contributed by atoms with van der Waals surface area (Å²) in [5, 5.41) is 10.3. The topological polar surface area (TPSA) is 133 Å². The molecule has 0 spiro atoms. The van der Waals surface area contributed by atoms with Gasteiger partial charge in [-0.25, -0.2) is 0 Å². The van der Waals surface area contributed by atoms with Crippen molar-refractivity contribution in [1.29, 1.82) is 0 Å². The summed E-state index contributed by atoms with van der Waals surface area (Å²) in [6, 6.07) is -2.84. The molecule has 9 nitrogen and oxygen atoms in total. The fraction of sp³-hybridized carbons (Fsp3) is 0.682. The van der Waals surface area contributed by atoms with Gasteiger partial charge in [-0.15, -0.1) is 0 Å². The molecular formula is C22H36N4O5. The van der Waals surface area contributed by atoms with Crippen LogP contribution >= 0.6 is 0 Å². The first-order valence-electron chi connectivity index (χ1n) is 10.9. The van der Waals surface area contributed by atoms with Crippen LogP contribution < -0.4 is 21.3 Å². The van der Waals surface area contributed by atoms with Crippen LogP contribution in [0.2, 0.25) is 0 Å². The Morgan fingerprint density at radius 3 is 2.39 bits per heavy atom. The minimum atomic E-state index is -1.09. The number of nitrogens with one attached hydrogen (secondary N) is 4. The molecule has 1 rings (SSSR count). The number of rotatable bonds is 6. The van der Waals surface area contributed by atoms with Crippen molar-refractivity contribution >= 4 is 29.4 Å². The second kappa shape index (κ2) is 12.9. The zero-order valence-electron chi connectivity index (χ0n) is 19.1. The summed E-state index contributed by atoms with van der Waals surface area (Å²) in [6.07, 6.45) is 5.57. The minimum Gasteiger partial charge on any atom is -0.354 e. The Morgan fingerprint density at radius 2 is 1.77 bits per heavy atom. The van der Waals surface area contributed by atoms with Gasteiger partial charge in [0.1, 0.15) is 12.1 Å². The van der Waals surface area contributed by atoms with Crippen molar-refractivity contribution in [3.05, 3.63) is 12.2 Å². The monoisotopic (exact) mass is 436 g/mol. The fourth-order valence-electron chi connectivity index (χ4n) is 3.06. The van der Waals surface area contributed by atoms with E-state index >= 15 is 0 Å². The third-order valence-electron chi connectivity index (χ3n) is 4.99. The molecular weight excluding hydrogens is 400 g/mol. The van der Waals surface area contributed by atoms with E-state index < -0.39 is 47.5 Å². The molecule has 0 aromatic carbocycles. The summed E-state index contributed by atoms with van der Waals surface area (Å²) >= 11 is 0. The van der Waals surface area contributed by atoms with Crippen LogP contribution in [0.15, 0.2) is 12.2 Å². The van der Waals surface area contributed by atoms with Gasteiger partial charge in [0.2, 0.25) is 23.5 Å². The summed E-state index contributed by atoms with van der Waals surface area (Å²) in [6.45, 7) is 9.38. The lowest BCUT2D eigenvalue weighted by molar-refractivity contribution is -0.141. The second-order valence-corrected chi connectivity index (χ2v) is 8.66. The van der Waals surface area contributed by atoms with Gasteiger partial charge in [0, 0.05) is 6.54 Å². The van der Waals surface area contributed by atoms with Crippen LogP contribution in [0.3, 0.4) is 0 Å². The van der Waals surface area contributed by atoms with E-state index in [1.165, 1.54) is 13.0 Å². The van der Waals surface area contributed by atoms with Gasteiger partial charge in [-0.3, -0.25) is 24.0 Å². The second-order valence-electron chi connectivity index (χ2n) is 8.66. The number of Topliss-reactive ketones (excluding diaryl/α,β-unsaturated/α-hetero) is 1. The van der Waals surface area contributed by atoms with Crippen molar-refractivity contribution in [3.8, 4) is 0 Å². The molecule has 31 heavy (non-hydrogen) atoms. The Kier molecular flexibility index (Phi) is 10.9. The van der Waals surface area contributed by atoms with Crippen LogP contribution in [0.4, 0.5) is 0 Å². The zero-order valence-corrected chi connectivity index (χ0v) is 19.1. The van der Waals surface area contributed by atoms with Crippen molar-refractivity contribution in [2.45, 2.75) is 78.4 Å². The molecule has 0 radical (unpaired) electrons. The van der Waals surface area contributed by atoms with Crippen molar-refractivity contribution < 1.29 is 24.0 Å². The molecule has 3 unspecified atom stereocenters. The largest absolute Gasteiger partial charge is 0.354 e. The molecule has 3 atom stereocenters. The Labute approximate surface area is 184 Å². The maximum Gasteiger partial charge on any atom is 0.290 e. The highest BCUT2D eigenvalue weighted by atomic mass is 16.2. The summed E-state index contributed by atoms with van der Waals surface area (Å²) in [5.74, 6) is -2.84. The van der Waals surface area contributed by atoms with Gasteiger partial charge in [-0.2, -0.15) is 0 Å². The maximum atomic E-state index is 12.6. The van der Waals surface area contributed by atoms with E-state index in [0.717, 1.165) is 12.8 Å². The molecule has 0 aromatic rings. The van der Waals surface area contributed by atoms with E-state index in [1.807, 2.05) is 0 Å². The van der Waals surface area contributed by atoms with E-state index in [2.05, 4.69) is 35.1 Å². The lowest BCUT2D eigenvalue weighted by Gasteiger charge is -2.22. The van der Waals surface area contributed by atoms with E-state index in [0.29, 0.717) is 12.3 Å². The van der Waals surface area contributed by atoms with Crippen molar-refractivity contribution in [3.63, 3.8) is 0 Å². The molecule has 9 heteroatoms. The molecule has 1 fully saturated rings. The number of hydrogen-bond donors (Lipinski definition) is 4. The quantitative estimate of drug-likeness (QED) is 0.357. The molecule has 1 heterocycles. The van der Waals surface area contributed by atoms with Gasteiger partial charge in [-0.1, -0.05) is 33.8 Å². The molecule has 0 aromatic heterocycles. The Morgan fingerprint density at radius 1 is 1.10 bits per heavy atom. The van der Waals surface area contributed by atoms with Crippen LogP contribution in [0.5, 0.6) is 0 Å². The number of hydrogen-bond acceptors (Lipinski definition) is 5. The molecule has 0 aliphatic carbocycles. The van der Waals surface area contributed by atoms with E-state index in [-0.39, 0.29) is 18.9 Å². The van der Waals surface area contributed by atoms with Crippen LogP contribution in [0.1, 0.15) is 60.3 Å². The molecule has 1 aliphatic heterocycles. The lowest BCUT2D eigenvalue weighted by Crippen LogP contribution is -2.55. The highest BCUT2D eigenvalue weighted by Gasteiger charge is 2.31. The van der Waals surface area contributed by atoms with Crippen molar-refractivity contribution in [1.82, 2.24) is 21.3 Å². The first-order valence-corrected chi connectivity index (χ1v) is 10.9. The highest BCUT2D eigenvalue weighted by Crippen LogP contribution is 2.06. The van der Waals surface area contributed by atoms with Gasteiger partial charge in [-0.05, 0) is 50.5 Å².